The van der Waals surface area contributed by atoms with Crippen LogP contribution in [0.5, 0.6) is 5.75 Å². The van der Waals surface area contributed by atoms with Crippen molar-refractivity contribution in [1.29, 1.82) is 5.26 Å². The summed E-state index contributed by atoms with van der Waals surface area (Å²) in [6.45, 7) is 1.62. The second kappa shape index (κ2) is 4.86. The van der Waals surface area contributed by atoms with E-state index in [1.54, 1.807) is 18.2 Å². The van der Waals surface area contributed by atoms with Gasteiger partial charge in [-0.3, -0.25) is 0 Å². The molecule has 1 heterocycles. The Morgan fingerprint density at radius 2 is 2.44 bits per heavy atom. The average Bonchev–Trinajstić information content (AvgIpc) is 2.80. The highest BCUT2D eigenvalue weighted by molar-refractivity contribution is 5.60. The second-order valence-electron chi connectivity index (χ2n) is 3.94. The minimum absolute atomic E-state index is 0.381. The third-order valence-electron chi connectivity index (χ3n) is 2.76. The quantitative estimate of drug-likeness (QED) is 0.748. The monoisotopic (exact) mass is 217 g/mol. The van der Waals surface area contributed by atoms with Gasteiger partial charge in [0.2, 0.25) is 0 Å². The van der Waals surface area contributed by atoms with Gasteiger partial charge in [0.05, 0.1) is 11.3 Å². The molecule has 0 aliphatic carbocycles. The van der Waals surface area contributed by atoms with E-state index in [0.29, 0.717) is 29.6 Å². The van der Waals surface area contributed by atoms with Gasteiger partial charge in [-0.15, -0.1) is 0 Å². The topological polar surface area (TPSA) is 71.1 Å². The summed E-state index contributed by atoms with van der Waals surface area (Å²) in [6.07, 6.45) is 2.30. The molecule has 2 rings (SSSR count). The number of nitrogen functional groups attached to an aromatic ring is 1. The second-order valence-corrected chi connectivity index (χ2v) is 3.94. The molecule has 1 aromatic carbocycles. The van der Waals surface area contributed by atoms with Crippen molar-refractivity contribution in [2.45, 2.75) is 18.9 Å². The highest BCUT2D eigenvalue weighted by Crippen LogP contribution is 2.26. The Bertz CT molecular complexity index is 405. The lowest BCUT2D eigenvalue weighted by Gasteiger charge is -2.14. The zero-order chi connectivity index (χ0) is 11.4. The van der Waals surface area contributed by atoms with Crippen LogP contribution in [-0.4, -0.2) is 19.2 Å². The van der Waals surface area contributed by atoms with Gasteiger partial charge in [0.1, 0.15) is 12.7 Å². The van der Waals surface area contributed by atoms with Gasteiger partial charge in [0, 0.05) is 6.04 Å². The van der Waals surface area contributed by atoms with Crippen LogP contribution in [0.25, 0.3) is 0 Å². The first-order valence-corrected chi connectivity index (χ1v) is 5.46. The standard InChI is InChI=1S/C12H15N3O/c13-7-9-3-1-5-11(14)12(9)16-8-10-4-2-6-15-10/h1,3,5,10,15H,2,4,6,8,14H2. The summed E-state index contributed by atoms with van der Waals surface area (Å²) < 4.78 is 5.63. The number of hydrogen-bond donors (Lipinski definition) is 2. The maximum absolute atomic E-state index is 8.93. The Morgan fingerprint density at radius 3 is 3.12 bits per heavy atom. The molecule has 0 saturated carbocycles. The third kappa shape index (κ3) is 2.26. The van der Waals surface area contributed by atoms with E-state index in [9.17, 15) is 0 Å². The summed E-state index contributed by atoms with van der Waals surface area (Å²) in [5.74, 6) is 0.513. The molecule has 0 bridgehead atoms. The van der Waals surface area contributed by atoms with E-state index in [1.807, 2.05) is 0 Å². The fourth-order valence-electron chi connectivity index (χ4n) is 1.89. The zero-order valence-corrected chi connectivity index (χ0v) is 9.07. The minimum Gasteiger partial charge on any atom is -0.488 e. The SMILES string of the molecule is N#Cc1cccc(N)c1OCC1CCCN1. The van der Waals surface area contributed by atoms with Crippen molar-refractivity contribution in [2.75, 3.05) is 18.9 Å². The zero-order valence-electron chi connectivity index (χ0n) is 9.07. The van der Waals surface area contributed by atoms with Gasteiger partial charge in [-0.2, -0.15) is 5.26 Å². The van der Waals surface area contributed by atoms with E-state index in [2.05, 4.69) is 11.4 Å². The van der Waals surface area contributed by atoms with Crippen LogP contribution in [0.4, 0.5) is 5.69 Å². The largest absolute Gasteiger partial charge is 0.488 e. The van der Waals surface area contributed by atoms with Gasteiger partial charge in [-0.1, -0.05) is 6.07 Å². The Morgan fingerprint density at radius 1 is 1.56 bits per heavy atom. The third-order valence-corrected chi connectivity index (χ3v) is 2.76. The number of nitrogens with zero attached hydrogens (tertiary/aromatic N) is 1. The number of para-hydroxylation sites is 1. The van der Waals surface area contributed by atoms with E-state index < -0.39 is 0 Å². The summed E-state index contributed by atoms with van der Waals surface area (Å²) in [4.78, 5) is 0. The Balaban J connectivity index is 2.05. The van der Waals surface area contributed by atoms with Gasteiger partial charge < -0.3 is 15.8 Å². The summed E-state index contributed by atoms with van der Waals surface area (Å²) in [5.41, 5.74) is 6.81. The minimum atomic E-state index is 0.381. The number of hydrogen-bond acceptors (Lipinski definition) is 4. The molecule has 4 nitrogen and oxygen atoms in total. The van der Waals surface area contributed by atoms with Gasteiger partial charge in [0.25, 0.3) is 0 Å². The van der Waals surface area contributed by atoms with E-state index >= 15 is 0 Å². The highest BCUT2D eigenvalue weighted by Gasteiger charge is 2.16. The van der Waals surface area contributed by atoms with E-state index in [-0.39, 0.29) is 0 Å². The molecule has 1 unspecified atom stereocenters. The van der Waals surface area contributed by atoms with Crippen molar-refractivity contribution in [2.24, 2.45) is 0 Å². The summed E-state index contributed by atoms with van der Waals surface area (Å²) >= 11 is 0. The maximum atomic E-state index is 8.93. The van der Waals surface area contributed by atoms with Crippen molar-refractivity contribution in [3.8, 4) is 11.8 Å². The van der Waals surface area contributed by atoms with Crippen molar-refractivity contribution in [3.63, 3.8) is 0 Å². The molecule has 4 heteroatoms. The van der Waals surface area contributed by atoms with Crippen LogP contribution in [-0.2, 0) is 0 Å². The molecule has 84 valence electrons. The van der Waals surface area contributed by atoms with Crippen LogP contribution in [0, 0.1) is 11.3 Å². The Labute approximate surface area is 95.0 Å². The molecule has 0 spiro atoms. The molecule has 0 amide bonds. The van der Waals surface area contributed by atoms with Crippen molar-refractivity contribution >= 4 is 5.69 Å². The van der Waals surface area contributed by atoms with Crippen LogP contribution in [0.2, 0.25) is 0 Å². The number of ether oxygens (including phenoxy) is 1. The number of anilines is 1. The molecule has 1 atom stereocenters. The normalized spacial score (nSPS) is 19.3. The van der Waals surface area contributed by atoms with Crippen LogP contribution in [0.1, 0.15) is 18.4 Å². The molecular weight excluding hydrogens is 202 g/mol. The molecule has 1 saturated heterocycles. The van der Waals surface area contributed by atoms with Crippen LogP contribution >= 0.6 is 0 Å². The average molecular weight is 217 g/mol. The lowest BCUT2D eigenvalue weighted by atomic mass is 10.2. The molecule has 0 aromatic heterocycles. The summed E-state index contributed by atoms with van der Waals surface area (Å²) in [7, 11) is 0. The number of nitrogens with two attached hydrogens (primary N) is 1. The number of benzene rings is 1. The smallest absolute Gasteiger partial charge is 0.159 e. The molecule has 16 heavy (non-hydrogen) atoms. The number of nitriles is 1. The van der Waals surface area contributed by atoms with Crippen LogP contribution in [0.15, 0.2) is 18.2 Å². The molecule has 3 N–H and O–H groups in total. The summed E-state index contributed by atoms with van der Waals surface area (Å²) in [6, 6.07) is 7.69. The number of nitrogens with one attached hydrogen (secondary N) is 1. The molecule has 1 fully saturated rings. The van der Waals surface area contributed by atoms with E-state index in [1.165, 1.54) is 6.42 Å². The van der Waals surface area contributed by atoms with Gasteiger partial charge in [-0.25, -0.2) is 0 Å². The lowest BCUT2D eigenvalue weighted by Crippen LogP contribution is -2.28. The fourth-order valence-corrected chi connectivity index (χ4v) is 1.89. The predicted molar refractivity (Wildman–Crippen MR) is 62.1 cm³/mol. The van der Waals surface area contributed by atoms with Crippen molar-refractivity contribution in [3.05, 3.63) is 23.8 Å². The fraction of sp³-hybridized carbons (Fsp3) is 0.417. The first kappa shape index (κ1) is 10.8. The highest BCUT2D eigenvalue weighted by atomic mass is 16.5. The molecule has 1 aliphatic rings. The maximum Gasteiger partial charge on any atom is 0.159 e. The van der Waals surface area contributed by atoms with Crippen LogP contribution < -0.4 is 15.8 Å². The lowest BCUT2D eigenvalue weighted by molar-refractivity contribution is 0.278. The van der Waals surface area contributed by atoms with Gasteiger partial charge >= 0.3 is 0 Å². The van der Waals surface area contributed by atoms with Crippen molar-refractivity contribution < 1.29 is 4.74 Å². The first-order valence-electron chi connectivity index (χ1n) is 5.46. The van der Waals surface area contributed by atoms with Crippen LogP contribution in [0.3, 0.4) is 0 Å². The van der Waals surface area contributed by atoms with Crippen molar-refractivity contribution in [1.82, 2.24) is 5.32 Å². The molecule has 1 aromatic rings. The van der Waals surface area contributed by atoms with E-state index in [0.717, 1.165) is 13.0 Å². The molecular formula is C12H15N3O. The number of rotatable bonds is 3. The molecule has 0 radical (unpaired) electrons. The van der Waals surface area contributed by atoms with E-state index in [4.69, 9.17) is 15.7 Å². The summed E-state index contributed by atoms with van der Waals surface area (Å²) in [5, 5.41) is 12.3. The first-order chi connectivity index (χ1) is 7.81. The van der Waals surface area contributed by atoms with Gasteiger partial charge in [0.15, 0.2) is 5.75 Å². The Kier molecular flexibility index (Phi) is 3.28. The van der Waals surface area contributed by atoms with Gasteiger partial charge in [-0.05, 0) is 31.5 Å². The molecule has 1 aliphatic heterocycles. The Hall–Kier alpha value is -1.73. The predicted octanol–water partition coefficient (Wildman–Crippen LogP) is 1.27.